The number of rotatable bonds is 14. The van der Waals surface area contributed by atoms with Gasteiger partial charge in [0.25, 0.3) is 10.1 Å². The van der Waals surface area contributed by atoms with Crippen molar-refractivity contribution >= 4 is 20.2 Å². The van der Waals surface area contributed by atoms with Gasteiger partial charge in [0.05, 0.1) is 11.5 Å². The van der Waals surface area contributed by atoms with Crippen LogP contribution in [0.5, 0.6) is 0 Å². The van der Waals surface area contributed by atoms with Crippen molar-refractivity contribution < 1.29 is 77.0 Å². The van der Waals surface area contributed by atoms with Crippen LogP contribution in [0.15, 0.2) is 34.1 Å². The average molecular weight is 445 g/mol. The first-order valence-electron chi connectivity index (χ1n) is 9.23. The second kappa shape index (κ2) is 14.6. The van der Waals surface area contributed by atoms with E-state index in [1.165, 1.54) is 50.7 Å². The van der Waals surface area contributed by atoms with E-state index in [2.05, 4.69) is 6.92 Å². The van der Waals surface area contributed by atoms with Crippen LogP contribution in [-0.4, -0.2) is 28.0 Å². The third kappa shape index (κ3) is 11.4. The van der Waals surface area contributed by atoms with Gasteiger partial charge in [0.2, 0.25) is 0 Å². The Hall–Kier alpha value is 0.676. The Kier molecular flexibility index (Phi) is 15.0. The van der Waals surface area contributed by atoms with Crippen LogP contribution in [0.1, 0.15) is 71.1 Å². The summed E-state index contributed by atoms with van der Waals surface area (Å²) in [4.78, 5) is -1.37. The zero-order valence-electron chi connectivity index (χ0n) is 16.4. The minimum absolute atomic E-state index is 0. The van der Waals surface area contributed by atoms with Crippen LogP contribution in [-0.2, 0) is 24.4 Å². The van der Waals surface area contributed by atoms with Gasteiger partial charge in [-0.05, 0) is 18.6 Å². The van der Waals surface area contributed by atoms with Crippen molar-refractivity contribution in [2.24, 2.45) is 0 Å². The van der Waals surface area contributed by atoms with Crippen LogP contribution < -0.4 is 51.4 Å². The second-order valence-electron chi connectivity index (χ2n) is 6.36. The standard InChI is InChI=1S/C18H30O6S2.K/c1-2-3-4-5-6-7-8-9-10-13-16-24-26(22,23)18-15-12-11-14-17(18)25(19,20)21;/h11-12,14-15H,2-10,13,16H2,1H3,(H,19,20,21);/q;+1/p-1. The first-order chi connectivity index (χ1) is 12.3. The van der Waals surface area contributed by atoms with E-state index >= 15 is 0 Å². The van der Waals surface area contributed by atoms with Gasteiger partial charge in [-0.1, -0.05) is 76.8 Å². The third-order valence-corrected chi connectivity index (χ3v) is 6.52. The second-order valence-corrected chi connectivity index (χ2v) is 9.29. The molecule has 0 spiro atoms. The molecule has 9 heteroatoms. The zero-order valence-corrected chi connectivity index (χ0v) is 21.1. The van der Waals surface area contributed by atoms with Crippen molar-refractivity contribution in [1.29, 1.82) is 0 Å². The predicted molar refractivity (Wildman–Crippen MR) is 99.4 cm³/mol. The molecule has 0 N–H and O–H groups in total. The minimum Gasteiger partial charge on any atom is -0.744 e. The summed E-state index contributed by atoms with van der Waals surface area (Å²) in [5, 5.41) is 0. The Morgan fingerprint density at radius 3 is 1.70 bits per heavy atom. The fraction of sp³-hybridized carbons (Fsp3) is 0.667. The summed E-state index contributed by atoms with van der Waals surface area (Å²) in [6.07, 6.45) is 11.1. The quantitative estimate of drug-likeness (QED) is 0.185. The molecule has 0 radical (unpaired) electrons. The van der Waals surface area contributed by atoms with Gasteiger partial charge >= 0.3 is 51.4 Å². The molecule has 0 fully saturated rings. The molecule has 0 aliphatic heterocycles. The van der Waals surface area contributed by atoms with E-state index in [-0.39, 0.29) is 58.0 Å². The van der Waals surface area contributed by atoms with Crippen molar-refractivity contribution in [3.8, 4) is 0 Å². The number of benzene rings is 1. The van der Waals surface area contributed by atoms with Gasteiger partial charge in [-0.2, -0.15) is 8.42 Å². The third-order valence-electron chi connectivity index (χ3n) is 4.12. The van der Waals surface area contributed by atoms with Gasteiger partial charge in [-0.3, -0.25) is 4.18 Å². The largest absolute Gasteiger partial charge is 1.00 e. The van der Waals surface area contributed by atoms with Crippen LogP contribution in [0.25, 0.3) is 0 Å². The Labute approximate surface area is 206 Å². The van der Waals surface area contributed by atoms with Crippen LogP contribution in [0.2, 0.25) is 0 Å². The van der Waals surface area contributed by atoms with Gasteiger partial charge in [-0.15, -0.1) is 0 Å². The molecule has 0 saturated heterocycles. The molecule has 0 saturated carbocycles. The molecule has 0 aromatic heterocycles. The maximum absolute atomic E-state index is 12.1. The molecule has 150 valence electrons. The summed E-state index contributed by atoms with van der Waals surface area (Å²) < 4.78 is 62.7. The van der Waals surface area contributed by atoms with Crippen molar-refractivity contribution in [2.75, 3.05) is 6.61 Å². The summed E-state index contributed by atoms with van der Waals surface area (Å²) in [6.45, 7) is 2.17. The van der Waals surface area contributed by atoms with Gasteiger partial charge in [-0.25, -0.2) is 8.42 Å². The van der Waals surface area contributed by atoms with Crippen LogP contribution in [0, 0.1) is 0 Å². The van der Waals surface area contributed by atoms with Gasteiger partial charge < -0.3 is 4.55 Å². The normalized spacial score (nSPS) is 11.9. The van der Waals surface area contributed by atoms with Crippen molar-refractivity contribution in [1.82, 2.24) is 0 Å². The molecular formula is C18H29KO6S2. The van der Waals surface area contributed by atoms with Crippen LogP contribution in [0.3, 0.4) is 0 Å². The molecule has 0 unspecified atom stereocenters. The summed E-state index contributed by atoms with van der Waals surface area (Å²) in [7, 11) is -9.14. The predicted octanol–water partition coefficient (Wildman–Crippen LogP) is 1.22. The smallest absolute Gasteiger partial charge is 0.744 e. The van der Waals surface area contributed by atoms with Gasteiger partial charge in [0, 0.05) is 0 Å². The molecule has 1 aromatic carbocycles. The summed E-state index contributed by atoms with van der Waals surface area (Å²) >= 11 is 0. The topological polar surface area (TPSA) is 101 Å². The Morgan fingerprint density at radius 1 is 0.778 bits per heavy atom. The Morgan fingerprint density at radius 2 is 1.22 bits per heavy atom. The van der Waals surface area contributed by atoms with E-state index in [1.54, 1.807) is 0 Å². The fourth-order valence-electron chi connectivity index (χ4n) is 2.68. The van der Waals surface area contributed by atoms with E-state index < -0.39 is 30.0 Å². The van der Waals surface area contributed by atoms with Crippen molar-refractivity contribution in [3.05, 3.63) is 24.3 Å². The molecule has 1 aromatic rings. The first-order valence-corrected chi connectivity index (χ1v) is 12.0. The number of unbranched alkanes of at least 4 members (excludes halogenated alkanes) is 9. The van der Waals surface area contributed by atoms with E-state index in [4.69, 9.17) is 4.18 Å². The molecule has 0 aliphatic rings. The van der Waals surface area contributed by atoms with Crippen molar-refractivity contribution in [3.63, 3.8) is 0 Å². The number of hydrogen-bond donors (Lipinski definition) is 0. The van der Waals surface area contributed by atoms with E-state index in [9.17, 15) is 21.4 Å². The molecule has 0 bridgehead atoms. The molecule has 1 rings (SSSR count). The van der Waals surface area contributed by atoms with Crippen LogP contribution >= 0.6 is 0 Å². The fourth-order valence-corrected chi connectivity index (χ4v) is 4.88. The van der Waals surface area contributed by atoms with E-state index in [0.717, 1.165) is 31.4 Å². The molecule has 27 heavy (non-hydrogen) atoms. The maximum Gasteiger partial charge on any atom is 1.00 e. The molecule has 6 nitrogen and oxygen atoms in total. The molecule has 0 atom stereocenters. The molecule has 0 heterocycles. The summed E-state index contributed by atoms with van der Waals surface area (Å²) in [5.41, 5.74) is 0. The van der Waals surface area contributed by atoms with Crippen molar-refractivity contribution in [2.45, 2.75) is 80.9 Å². The maximum atomic E-state index is 12.1. The Bertz CT molecular complexity index is 732. The number of hydrogen-bond acceptors (Lipinski definition) is 6. The Balaban J connectivity index is 0.00000676. The van der Waals surface area contributed by atoms with Gasteiger partial charge in [0.1, 0.15) is 15.0 Å². The van der Waals surface area contributed by atoms with Crippen LogP contribution in [0.4, 0.5) is 0 Å². The minimum atomic E-state index is -4.88. The van der Waals surface area contributed by atoms with Gasteiger partial charge in [0.15, 0.2) is 0 Å². The molecular weight excluding hydrogens is 415 g/mol. The summed E-state index contributed by atoms with van der Waals surface area (Å²) in [6, 6.07) is 4.69. The molecule has 0 amide bonds. The summed E-state index contributed by atoms with van der Waals surface area (Å²) in [5.74, 6) is 0. The molecule has 0 aliphatic carbocycles. The van der Waals surface area contributed by atoms with E-state index in [1.807, 2.05) is 0 Å². The van der Waals surface area contributed by atoms with E-state index in [0.29, 0.717) is 6.42 Å². The monoisotopic (exact) mass is 444 g/mol. The SMILES string of the molecule is CCCCCCCCCCCCOS(=O)(=O)c1ccccc1S(=O)(=O)[O-].[K+]. The first kappa shape index (κ1) is 27.7. The average Bonchev–Trinajstić information content (AvgIpc) is 2.59. The zero-order chi connectivity index (χ0) is 19.5.